The summed E-state index contributed by atoms with van der Waals surface area (Å²) >= 11 is 0. The van der Waals surface area contributed by atoms with Crippen LogP contribution in [0.2, 0.25) is 0 Å². The second-order valence-electron chi connectivity index (χ2n) is 8.27. The standard InChI is InChI=1S/C26H25N5O3/c1-34-24-10-6-5-9-21(24)22-13-20-15-29(25(32)16-30-18-27-17-28-30)12-11-23(20)31(26(22)33)14-19-7-3-2-4-8-19/h2-10,13,17-18H,11-12,14-16H2,1H3. The van der Waals surface area contributed by atoms with Crippen molar-refractivity contribution in [1.29, 1.82) is 0 Å². The number of hydrogen-bond donors (Lipinski definition) is 0. The summed E-state index contributed by atoms with van der Waals surface area (Å²) in [7, 11) is 1.60. The molecule has 0 saturated heterocycles. The lowest BCUT2D eigenvalue weighted by atomic mass is 9.98. The largest absolute Gasteiger partial charge is 0.496 e. The molecular formula is C26H25N5O3. The fourth-order valence-corrected chi connectivity index (χ4v) is 4.48. The molecule has 2 aromatic carbocycles. The van der Waals surface area contributed by atoms with E-state index in [4.69, 9.17) is 4.74 Å². The Labute approximate surface area is 197 Å². The van der Waals surface area contributed by atoms with E-state index in [1.165, 1.54) is 17.3 Å². The Morgan fingerprint density at radius 2 is 1.85 bits per heavy atom. The van der Waals surface area contributed by atoms with Crippen LogP contribution in [0.4, 0.5) is 0 Å². The summed E-state index contributed by atoms with van der Waals surface area (Å²) in [4.78, 5) is 32.4. The van der Waals surface area contributed by atoms with E-state index in [1.54, 1.807) is 7.11 Å². The second-order valence-corrected chi connectivity index (χ2v) is 8.27. The van der Waals surface area contributed by atoms with Crippen molar-refractivity contribution < 1.29 is 9.53 Å². The molecule has 1 aliphatic heterocycles. The van der Waals surface area contributed by atoms with Gasteiger partial charge in [-0.2, -0.15) is 5.10 Å². The van der Waals surface area contributed by atoms with Crippen molar-refractivity contribution in [2.75, 3.05) is 13.7 Å². The molecule has 0 aliphatic carbocycles. The highest BCUT2D eigenvalue weighted by atomic mass is 16.5. The lowest BCUT2D eigenvalue weighted by molar-refractivity contribution is -0.133. The first-order valence-electron chi connectivity index (χ1n) is 11.2. The molecule has 0 unspecified atom stereocenters. The number of nitrogens with zero attached hydrogens (tertiary/aromatic N) is 5. The highest BCUT2D eigenvalue weighted by molar-refractivity contribution is 5.76. The topological polar surface area (TPSA) is 82.2 Å². The van der Waals surface area contributed by atoms with E-state index < -0.39 is 0 Å². The van der Waals surface area contributed by atoms with Gasteiger partial charge < -0.3 is 14.2 Å². The second kappa shape index (κ2) is 9.35. The number of ether oxygens (including phenoxy) is 1. The van der Waals surface area contributed by atoms with E-state index in [2.05, 4.69) is 10.1 Å². The zero-order chi connectivity index (χ0) is 23.5. The summed E-state index contributed by atoms with van der Waals surface area (Å²) in [5.41, 5.74) is 4.23. The minimum absolute atomic E-state index is 0.0317. The summed E-state index contributed by atoms with van der Waals surface area (Å²) in [6.45, 7) is 1.58. The van der Waals surface area contributed by atoms with Crippen LogP contribution in [0.15, 0.2) is 78.1 Å². The number of fused-ring (bicyclic) bond motifs is 1. The first kappa shape index (κ1) is 21.6. The third-order valence-electron chi connectivity index (χ3n) is 6.17. The number of methoxy groups -OCH3 is 1. The summed E-state index contributed by atoms with van der Waals surface area (Å²) in [5, 5.41) is 4.04. The van der Waals surface area contributed by atoms with Crippen molar-refractivity contribution >= 4 is 5.91 Å². The Kier molecular flexibility index (Phi) is 5.95. The zero-order valence-corrected chi connectivity index (χ0v) is 18.9. The van der Waals surface area contributed by atoms with Crippen LogP contribution < -0.4 is 10.3 Å². The molecule has 0 radical (unpaired) electrons. The lowest BCUT2D eigenvalue weighted by Crippen LogP contribution is -2.41. The number of pyridine rings is 1. The molecule has 8 nitrogen and oxygen atoms in total. The van der Waals surface area contributed by atoms with Crippen LogP contribution in [-0.2, 0) is 30.8 Å². The quantitative estimate of drug-likeness (QED) is 0.447. The van der Waals surface area contributed by atoms with Crippen molar-refractivity contribution in [3.8, 4) is 16.9 Å². The fourth-order valence-electron chi connectivity index (χ4n) is 4.48. The van der Waals surface area contributed by atoms with E-state index in [0.717, 1.165) is 22.4 Å². The average Bonchev–Trinajstić information content (AvgIpc) is 3.39. The number of aromatic nitrogens is 4. The monoisotopic (exact) mass is 455 g/mol. The third kappa shape index (κ3) is 4.22. The van der Waals surface area contributed by atoms with Gasteiger partial charge in [0, 0.05) is 30.8 Å². The van der Waals surface area contributed by atoms with Gasteiger partial charge in [-0.25, -0.2) is 9.67 Å². The fraction of sp³-hybridized carbons (Fsp3) is 0.231. The SMILES string of the molecule is COc1ccccc1-c1cc2c(n(Cc3ccccc3)c1=O)CCN(C(=O)Cn1cncn1)C2. The molecule has 0 saturated carbocycles. The molecule has 8 heteroatoms. The third-order valence-corrected chi connectivity index (χ3v) is 6.17. The summed E-state index contributed by atoms with van der Waals surface area (Å²) in [6.07, 6.45) is 3.56. The van der Waals surface area contributed by atoms with E-state index in [9.17, 15) is 9.59 Å². The van der Waals surface area contributed by atoms with Crippen LogP contribution >= 0.6 is 0 Å². The number of carbonyl (C=O) groups is 1. The molecule has 5 rings (SSSR count). The maximum Gasteiger partial charge on any atom is 0.259 e. The van der Waals surface area contributed by atoms with Gasteiger partial charge in [0.25, 0.3) is 5.56 Å². The van der Waals surface area contributed by atoms with Crippen LogP contribution in [-0.4, -0.2) is 43.8 Å². The molecule has 0 atom stereocenters. The van der Waals surface area contributed by atoms with E-state index in [-0.39, 0.29) is 18.0 Å². The van der Waals surface area contributed by atoms with Gasteiger partial charge in [-0.15, -0.1) is 0 Å². The normalized spacial score (nSPS) is 12.9. The molecule has 2 aromatic heterocycles. The molecule has 34 heavy (non-hydrogen) atoms. The number of rotatable bonds is 6. The van der Waals surface area contributed by atoms with Crippen LogP contribution in [0, 0.1) is 0 Å². The van der Waals surface area contributed by atoms with Crippen molar-refractivity contribution in [1.82, 2.24) is 24.2 Å². The molecule has 1 aliphatic rings. The maximum atomic E-state index is 13.7. The van der Waals surface area contributed by atoms with E-state index in [0.29, 0.717) is 37.4 Å². The van der Waals surface area contributed by atoms with Crippen molar-refractivity contribution in [3.63, 3.8) is 0 Å². The molecule has 0 bridgehead atoms. The van der Waals surface area contributed by atoms with Crippen LogP contribution in [0.1, 0.15) is 16.8 Å². The lowest BCUT2D eigenvalue weighted by Gasteiger charge is -2.31. The summed E-state index contributed by atoms with van der Waals surface area (Å²) in [6, 6.07) is 19.4. The van der Waals surface area contributed by atoms with Gasteiger partial charge >= 0.3 is 0 Å². The van der Waals surface area contributed by atoms with Gasteiger partial charge in [-0.3, -0.25) is 9.59 Å². The summed E-state index contributed by atoms with van der Waals surface area (Å²) in [5.74, 6) is 0.608. The van der Waals surface area contributed by atoms with Crippen LogP contribution in [0.5, 0.6) is 5.75 Å². The highest BCUT2D eigenvalue weighted by Crippen LogP contribution is 2.30. The zero-order valence-electron chi connectivity index (χ0n) is 18.9. The van der Waals surface area contributed by atoms with Crippen LogP contribution in [0.25, 0.3) is 11.1 Å². The van der Waals surface area contributed by atoms with Gasteiger partial charge in [0.05, 0.1) is 19.2 Å². The molecule has 0 N–H and O–H groups in total. The molecule has 172 valence electrons. The van der Waals surface area contributed by atoms with Crippen molar-refractivity contribution in [2.45, 2.75) is 26.1 Å². The Balaban J connectivity index is 1.57. The molecule has 1 amide bonds. The van der Waals surface area contributed by atoms with Gasteiger partial charge in [-0.1, -0.05) is 48.5 Å². The average molecular weight is 456 g/mol. The highest BCUT2D eigenvalue weighted by Gasteiger charge is 2.26. The Bertz CT molecular complexity index is 1360. The minimum Gasteiger partial charge on any atom is -0.496 e. The molecule has 4 aromatic rings. The molecule has 3 heterocycles. The van der Waals surface area contributed by atoms with E-state index in [1.807, 2.05) is 70.1 Å². The Morgan fingerprint density at radius 1 is 1.06 bits per heavy atom. The number of carbonyl (C=O) groups excluding carboxylic acids is 1. The van der Waals surface area contributed by atoms with Crippen molar-refractivity contribution in [3.05, 3.63) is 100 Å². The number of para-hydroxylation sites is 1. The number of hydrogen-bond acceptors (Lipinski definition) is 5. The first-order chi connectivity index (χ1) is 16.6. The maximum absolute atomic E-state index is 13.7. The number of benzene rings is 2. The summed E-state index contributed by atoms with van der Waals surface area (Å²) < 4.78 is 8.92. The van der Waals surface area contributed by atoms with Gasteiger partial charge in [0.2, 0.25) is 5.91 Å². The first-order valence-corrected chi connectivity index (χ1v) is 11.2. The van der Waals surface area contributed by atoms with Gasteiger partial charge in [-0.05, 0) is 23.3 Å². The molecule has 0 spiro atoms. The minimum atomic E-state index is -0.0607. The van der Waals surface area contributed by atoms with Crippen molar-refractivity contribution in [2.24, 2.45) is 0 Å². The predicted octanol–water partition coefficient (Wildman–Crippen LogP) is 2.75. The predicted molar refractivity (Wildman–Crippen MR) is 127 cm³/mol. The van der Waals surface area contributed by atoms with E-state index >= 15 is 0 Å². The Morgan fingerprint density at radius 3 is 2.62 bits per heavy atom. The van der Waals surface area contributed by atoms with Gasteiger partial charge in [0.15, 0.2) is 0 Å². The Hall–Kier alpha value is -4.20. The number of amides is 1. The smallest absolute Gasteiger partial charge is 0.259 e. The molecular weight excluding hydrogens is 430 g/mol. The molecule has 0 fully saturated rings. The van der Waals surface area contributed by atoms with Gasteiger partial charge in [0.1, 0.15) is 24.9 Å². The van der Waals surface area contributed by atoms with Crippen LogP contribution in [0.3, 0.4) is 0 Å².